The Labute approximate surface area is 130 Å². The summed E-state index contributed by atoms with van der Waals surface area (Å²) in [5.74, 6) is -0.269. The molecule has 1 rings (SSSR count). The minimum Gasteiger partial charge on any atom is -0.748 e. The average molecular weight is 332 g/mol. The molecule has 1 atom stereocenters. The summed E-state index contributed by atoms with van der Waals surface area (Å²) in [5.41, 5.74) is 0.946. The van der Waals surface area contributed by atoms with Gasteiger partial charge < -0.3 is 14.6 Å². The van der Waals surface area contributed by atoms with E-state index in [0.29, 0.717) is 12.2 Å². The van der Waals surface area contributed by atoms with Crippen LogP contribution in [0.25, 0.3) is 0 Å². The lowest BCUT2D eigenvalue weighted by Gasteiger charge is -2.15. The van der Waals surface area contributed by atoms with E-state index >= 15 is 0 Å². The summed E-state index contributed by atoms with van der Waals surface area (Å²) in [5, 5.41) is 2.44. The highest BCUT2D eigenvalue weighted by Crippen LogP contribution is 2.15. The number of carbonyl (C=O) groups is 1. The van der Waals surface area contributed by atoms with Crippen LogP contribution in [-0.4, -0.2) is 44.0 Å². The Morgan fingerprint density at radius 3 is 2.48 bits per heavy atom. The van der Waals surface area contributed by atoms with E-state index in [1.165, 1.54) is 0 Å². The van der Waals surface area contributed by atoms with Crippen molar-refractivity contribution in [1.29, 1.82) is 0 Å². The number of methoxy groups -OCH3 is 1. The summed E-state index contributed by atoms with van der Waals surface area (Å²) < 4.78 is 36.5. The molecule has 0 aliphatic carbocycles. The van der Waals surface area contributed by atoms with Crippen LogP contribution in [0.5, 0.6) is 5.75 Å². The van der Waals surface area contributed by atoms with E-state index < -0.39 is 21.8 Å². The molecule has 0 bridgehead atoms. The normalized spacial score (nSPS) is 12.7. The molecule has 8 heteroatoms. The third kappa shape index (κ3) is 6.83. The van der Waals surface area contributed by atoms with Crippen LogP contribution in [0.2, 0.25) is 0 Å². The van der Waals surface area contributed by atoms with E-state index in [1.54, 1.807) is 19.2 Å². The third-order valence-electron chi connectivity index (χ3n) is 2.88. The van der Waals surface area contributed by atoms with Crippen molar-refractivity contribution in [3.05, 3.63) is 29.8 Å². The van der Waals surface area contributed by atoms with Gasteiger partial charge in [-0.2, -0.15) is 12.6 Å². The van der Waals surface area contributed by atoms with Crippen LogP contribution >= 0.6 is 12.6 Å². The van der Waals surface area contributed by atoms with E-state index in [0.717, 1.165) is 11.3 Å². The van der Waals surface area contributed by atoms with Gasteiger partial charge in [-0.25, -0.2) is 8.42 Å². The second-order valence-electron chi connectivity index (χ2n) is 4.48. The van der Waals surface area contributed by atoms with Crippen LogP contribution < -0.4 is 10.1 Å². The van der Waals surface area contributed by atoms with Crippen molar-refractivity contribution >= 4 is 28.7 Å². The summed E-state index contributed by atoms with van der Waals surface area (Å²) in [6, 6.07) is 7.30. The average Bonchev–Trinajstić information content (AvgIpc) is 2.43. The van der Waals surface area contributed by atoms with Gasteiger partial charge in [0, 0.05) is 12.3 Å². The van der Waals surface area contributed by atoms with Gasteiger partial charge in [0.2, 0.25) is 5.91 Å². The quantitative estimate of drug-likeness (QED) is 0.532. The van der Waals surface area contributed by atoms with Gasteiger partial charge in [-0.3, -0.25) is 4.79 Å². The fourth-order valence-corrected chi connectivity index (χ4v) is 2.38. The first kappa shape index (κ1) is 17.8. The van der Waals surface area contributed by atoms with Gasteiger partial charge in [0.15, 0.2) is 0 Å². The Morgan fingerprint density at radius 2 is 2.00 bits per heavy atom. The summed E-state index contributed by atoms with van der Waals surface area (Å²) in [6.07, 6.45) is 0.476. The Balaban J connectivity index is 2.54. The van der Waals surface area contributed by atoms with Gasteiger partial charge in [-0.1, -0.05) is 12.1 Å². The number of carbonyl (C=O) groups excluding carboxylic acids is 1. The van der Waals surface area contributed by atoms with Crippen molar-refractivity contribution in [2.75, 3.05) is 25.2 Å². The summed E-state index contributed by atoms with van der Waals surface area (Å²) >= 11 is 4.14. The lowest BCUT2D eigenvalue weighted by atomic mass is 10.00. The molecule has 118 valence electrons. The van der Waals surface area contributed by atoms with E-state index in [2.05, 4.69) is 17.9 Å². The summed E-state index contributed by atoms with van der Waals surface area (Å²) in [4.78, 5) is 11.9. The van der Waals surface area contributed by atoms with Crippen molar-refractivity contribution in [1.82, 2.24) is 5.32 Å². The number of ether oxygens (including phenoxy) is 1. The van der Waals surface area contributed by atoms with Crippen molar-refractivity contribution in [3.63, 3.8) is 0 Å². The van der Waals surface area contributed by atoms with E-state index in [1.807, 2.05) is 12.1 Å². The standard InChI is InChI=1S/C13H19NO5S2/c1-19-12-4-2-10(3-5-12)8-11(9-20)13(15)14-6-7-21(16,17)18/h2-5,11,20H,6-9H2,1H3,(H,14,15)(H,16,17,18)/p-1. The first-order valence-electron chi connectivity index (χ1n) is 6.31. The van der Waals surface area contributed by atoms with Crippen LogP contribution in [-0.2, 0) is 21.3 Å². The summed E-state index contributed by atoms with van der Waals surface area (Å²) in [7, 11) is -2.74. The number of hydrogen-bond acceptors (Lipinski definition) is 6. The molecule has 0 saturated carbocycles. The van der Waals surface area contributed by atoms with E-state index in [-0.39, 0.29) is 12.5 Å². The van der Waals surface area contributed by atoms with Crippen LogP contribution in [0.3, 0.4) is 0 Å². The predicted octanol–water partition coefficient (Wildman–Crippen LogP) is 0.445. The molecule has 1 amide bonds. The number of nitrogens with one attached hydrogen (secondary N) is 1. The Hall–Kier alpha value is -1.25. The fourth-order valence-electron chi connectivity index (χ4n) is 1.73. The molecule has 0 heterocycles. The molecule has 1 aromatic carbocycles. The highest BCUT2D eigenvalue weighted by Gasteiger charge is 2.17. The maximum Gasteiger partial charge on any atom is 0.224 e. The van der Waals surface area contributed by atoms with Gasteiger partial charge in [0.25, 0.3) is 0 Å². The zero-order valence-corrected chi connectivity index (χ0v) is 13.3. The smallest absolute Gasteiger partial charge is 0.224 e. The molecule has 0 spiro atoms. The Morgan fingerprint density at radius 1 is 1.38 bits per heavy atom. The number of amides is 1. The monoisotopic (exact) mass is 332 g/mol. The van der Waals surface area contributed by atoms with Crippen LogP contribution in [0, 0.1) is 5.92 Å². The maximum atomic E-state index is 11.9. The van der Waals surface area contributed by atoms with Crippen LogP contribution in [0.15, 0.2) is 24.3 Å². The molecule has 0 aliphatic heterocycles. The van der Waals surface area contributed by atoms with Gasteiger partial charge >= 0.3 is 0 Å². The zero-order valence-electron chi connectivity index (χ0n) is 11.6. The van der Waals surface area contributed by atoms with Gasteiger partial charge in [0.1, 0.15) is 5.75 Å². The van der Waals surface area contributed by atoms with Crippen molar-refractivity contribution in [2.45, 2.75) is 6.42 Å². The first-order valence-corrected chi connectivity index (χ1v) is 8.51. The van der Waals surface area contributed by atoms with Crippen LogP contribution in [0.1, 0.15) is 5.56 Å². The lowest BCUT2D eigenvalue weighted by molar-refractivity contribution is -0.124. The Bertz CT molecular complexity index is 556. The van der Waals surface area contributed by atoms with E-state index in [9.17, 15) is 17.8 Å². The van der Waals surface area contributed by atoms with Crippen molar-refractivity contribution in [2.24, 2.45) is 5.92 Å². The zero-order chi connectivity index (χ0) is 15.9. The second-order valence-corrected chi connectivity index (χ2v) is 6.37. The Kier molecular flexibility index (Phi) is 7.00. The van der Waals surface area contributed by atoms with Crippen molar-refractivity contribution in [3.8, 4) is 5.75 Å². The molecular formula is C13H18NO5S2-. The third-order valence-corrected chi connectivity index (χ3v) is 4.03. The molecule has 21 heavy (non-hydrogen) atoms. The molecule has 0 aliphatic rings. The fraction of sp³-hybridized carbons (Fsp3) is 0.462. The highest BCUT2D eigenvalue weighted by atomic mass is 32.2. The van der Waals surface area contributed by atoms with Crippen LogP contribution in [0.4, 0.5) is 0 Å². The van der Waals surface area contributed by atoms with Gasteiger partial charge in [-0.15, -0.1) is 0 Å². The van der Waals surface area contributed by atoms with Crippen molar-refractivity contribution < 1.29 is 22.5 Å². The molecule has 1 N–H and O–H groups in total. The molecule has 6 nitrogen and oxygen atoms in total. The lowest BCUT2D eigenvalue weighted by Crippen LogP contribution is -2.35. The van der Waals surface area contributed by atoms with Gasteiger partial charge in [-0.05, 0) is 24.1 Å². The largest absolute Gasteiger partial charge is 0.748 e. The minimum absolute atomic E-state index is 0.183. The molecule has 0 radical (unpaired) electrons. The molecular weight excluding hydrogens is 314 g/mol. The molecule has 0 aromatic heterocycles. The number of thiol groups is 1. The topological polar surface area (TPSA) is 95.5 Å². The molecule has 1 unspecified atom stereocenters. The minimum atomic E-state index is -4.32. The molecule has 0 fully saturated rings. The number of hydrogen-bond donors (Lipinski definition) is 2. The van der Waals surface area contributed by atoms with E-state index in [4.69, 9.17) is 4.74 Å². The molecule has 1 aromatic rings. The maximum absolute atomic E-state index is 11.9. The highest BCUT2D eigenvalue weighted by molar-refractivity contribution is 7.85. The SMILES string of the molecule is COc1ccc(CC(CS)C(=O)NCCS(=O)(=O)[O-])cc1. The summed E-state index contributed by atoms with van der Waals surface area (Å²) in [6.45, 7) is -0.183. The number of benzene rings is 1. The predicted molar refractivity (Wildman–Crippen MR) is 81.6 cm³/mol. The second kappa shape index (κ2) is 8.26. The van der Waals surface area contributed by atoms with Gasteiger partial charge in [0.05, 0.1) is 28.9 Å². The molecule has 0 saturated heterocycles. The number of rotatable bonds is 8. The first-order chi connectivity index (χ1) is 9.85.